The molecule has 1 aromatic carbocycles. The summed E-state index contributed by atoms with van der Waals surface area (Å²) in [5.74, 6) is -0.906. The molecular weight excluding hydrogens is 396 g/mol. The van der Waals surface area contributed by atoms with Crippen molar-refractivity contribution in [3.63, 3.8) is 0 Å². The molecule has 0 fully saturated rings. The quantitative estimate of drug-likeness (QED) is 0.452. The lowest BCUT2D eigenvalue weighted by Crippen LogP contribution is -2.29. The average molecular weight is 420 g/mol. The lowest BCUT2D eigenvalue weighted by molar-refractivity contribution is -0.124. The van der Waals surface area contributed by atoms with Crippen LogP contribution >= 0.6 is 11.3 Å². The Morgan fingerprint density at radius 3 is 2.45 bits per heavy atom. The van der Waals surface area contributed by atoms with Crippen LogP contribution in [-0.4, -0.2) is 45.2 Å². The van der Waals surface area contributed by atoms with Gasteiger partial charge in [0.05, 0.1) is 30.3 Å². The number of ether oxygens (including phenoxy) is 3. The number of esters is 1. The van der Waals surface area contributed by atoms with Gasteiger partial charge in [-0.3, -0.25) is 9.59 Å². The van der Waals surface area contributed by atoms with E-state index in [2.05, 4.69) is 10.6 Å². The maximum absolute atomic E-state index is 12.6. The third-order valence-electron chi connectivity index (χ3n) is 3.92. The van der Waals surface area contributed by atoms with Crippen LogP contribution in [0.3, 0.4) is 0 Å². The summed E-state index contributed by atoms with van der Waals surface area (Å²) in [4.78, 5) is 37.3. The van der Waals surface area contributed by atoms with Crippen molar-refractivity contribution in [2.45, 2.75) is 19.8 Å². The van der Waals surface area contributed by atoms with Gasteiger partial charge in [-0.2, -0.15) is 0 Å². The molecule has 1 heterocycles. The number of carbonyl (C=O) groups is 3. The predicted molar refractivity (Wildman–Crippen MR) is 110 cm³/mol. The number of methoxy groups -OCH3 is 2. The third-order valence-corrected chi connectivity index (χ3v) is 4.79. The van der Waals surface area contributed by atoms with E-state index in [1.165, 1.54) is 37.7 Å². The maximum atomic E-state index is 12.6. The zero-order valence-electron chi connectivity index (χ0n) is 16.6. The summed E-state index contributed by atoms with van der Waals surface area (Å²) >= 11 is 1.27. The summed E-state index contributed by atoms with van der Waals surface area (Å²) < 4.78 is 15.6. The van der Waals surface area contributed by atoms with E-state index in [-0.39, 0.29) is 17.2 Å². The number of hydrogen-bond donors (Lipinski definition) is 2. The molecule has 29 heavy (non-hydrogen) atoms. The summed E-state index contributed by atoms with van der Waals surface area (Å²) in [6.07, 6.45) is 1.78. The minimum Gasteiger partial charge on any atom is -0.493 e. The van der Waals surface area contributed by atoms with Gasteiger partial charge >= 0.3 is 5.97 Å². The molecule has 0 saturated carbocycles. The number of hydrogen-bond acceptors (Lipinski definition) is 7. The van der Waals surface area contributed by atoms with Gasteiger partial charge in [-0.25, -0.2) is 4.79 Å². The van der Waals surface area contributed by atoms with Crippen molar-refractivity contribution >= 4 is 34.8 Å². The Kier molecular flexibility index (Phi) is 8.47. The Balaban J connectivity index is 2.20. The molecule has 0 bridgehead atoms. The van der Waals surface area contributed by atoms with Crippen LogP contribution in [0, 0.1) is 0 Å². The van der Waals surface area contributed by atoms with Crippen LogP contribution in [-0.2, 0) is 9.53 Å². The summed E-state index contributed by atoms with van der Waals surface area (Å²) in [5.41, 5.74) is 0.242. The largest absolute Gasteiger partial charge is 0.493 e. The zero-order chi connectivity index (χ0) is 21.2. The molecule has 2 rings (SSSR count). The van der Waals surface area contributed by atoms with Crippen molar-refractivity contribution in [2.75, 3.05) is 32.7 Å². The molecule has 8 nitrogen and oxygen atoms in total. The van der Waals surface area contributed by atoms with Crippen molar-refractivity contribution < 1.29 is 28.6 Å². The Hall–Kier alpha value is -3.07. The van der Waals surface area contributed by atoms with Gasteiger partial charge < -0.3 is 24.8 Å². The Labute approximate surface area is 173 Å². The van der Waals surface area contributed by atoms with Gasteiger partial charge in [-0.05, 0) is 17.9 Å². The van der Waals surface area contributed by atoms with Crippen LogP contribution in [0.15, 0.2) is 29.6 Å². The molecule has 0 aliphatic carbocycles. The second-order valence-corrected chi connectivity index (χ2v) is 6.91. The molecule has 0 aliphatic rings. The van der Waals surface area contributed by atoms with Gasteiger partial charge in [0, 0.05) is 18.7 Å². The van der Waals surface area contributed by atoms with E-state index >= 15 is 0 Å². The first-order chi connectivity index (χ1) is 14.0. The van der Waals surface area contributed by atoms with E-state index in [4.69, 9.17) is 14.2 Å². The third kappa shape index (κ3) is 6.21. The topological polar surface area (TPSA) is 103 Å². The Morgan fingerprint density at radius 2 is 1.83 bits per heavy atom. The normalized spacial score (nSPS) is 10.2. The first-order valence-corrected chi connectivity index (χ1v) is 9.92. The first-order valence-electron chi connectivity index (χ1n) is 9.04. The number of amides is 2. The molecule has 0 radical (unpaired) electrons. The maximum Gasteiger partial charge on any atom is 0.340 e. The molecule has 0 spiro atoms. The van der Waals surface area contributed by atoms with E-state index in [1.54, 1.807) is 17.5 Å². The molecule has 9 heteroatoms. The predicted octanol–water partition coefficient (Wildman–Crippen LogP) is 3.09. The van der Waals surface area contributed by atoms with Gasteiger partial charge in [-0.15, -0.1) is 11.3 Å². The minimum absolute atomic E-state index is 0.0499. The molecule has 0 unspecified atom stereocenters. The number of benzene rings is 1. The van der Waals surface area contributed by atoms with Gasteiger partial charge in [0.2, 0.25) is 0 Å². The monoisotopic (exact) mass is 420 g/mol. The van der Waals surface area contributed by atoms with Crippen molar-refractivity contribution in [2.24, 2.45) is 0 Å². The standard InChI is InChI=1S/C20H24N2O6S/c1-4-5-8-21-18(23)12-28-20(25)13-10-15(26-2)16(27-3)11-14(13)22-19(24)17-7-6-9-29-17/h6-7,9-11H,4-5,8,12H2,1-3H3,(H,21,23)(H,22,24). The second kappa shape index (κ2) is 11.1. The molecule has 1 aromatic heterocycles. The zero-order valence-corrected chi connectivity index (χ0v) is 17.4. The number of rotatable bonds is 10. The molecule has 0 saturated heterocycles. The summed E-state index contributed by atoms with van der Waals surface area (Å²) in [7, 11) is 2.87. The fraction of sp³-hybridized carbons (Fsp3) is 0.350. The molecule has 2 amide bonds. The van der Waals surface area contributed by atoms with E-state index < -0.39 is 18.5 Å². The van der Waals surface area contributed by atoms with E-state index in [0.29, 0.717) is 22.9 Å². The smallest absolute Gasteiger partial charge is 0.340 e. The van der Waals surface area contributed by atoms with Gasteiger partial charge in [-0.1, -0.05) is 19.4 Å². The molecule has 2 aromatic rings. The van der Waals surface area contributed by atoms with Crippen molar-refractivity contribution in [3.8, 4) is 11.5 Å². The summed E-state index contributed by atoms with van der Waals surface area (Å²) in [5, 5.41) is 7.12. The first kappa shape index (κ1) is 22.2. The van der Waals surface area contributed by atoms with Crippen LogP contribution in [0.1, 0.15) is 39.8 Å². The van der Waals surface area contributed by atoms with Crippen molar-refractivity contribution in [1.29, 1.82) is 0 Å². The molecule has 0 aliphatic heterocycles. The SMILES string of the molecule is CCCCNC(=O)COC(=O)c1cc(OC)c(OC)cc1NC(=O)c1cccs1. The number of nitrogens with one attached hydrogen (secondary N) is 2. The number of anilines is 1. The number of carbonyl (C=O) groups excluding carboxylic acids is 3. The van der Waals surface area contributed by atoms with Crippen molar-refractivity contribution in [3.05, 3.63) is 40.1 Å². The van der Waals surface area contributed by atoms with Gasteiger partial charge in [0.15, 0.2) is 18.1 Å². The van der Waals surface area contributed by atoms with E-state index in [1.807, 2.05) is 6.92 Å². The van der Waals surface area contributed by atoms with Gasteiger partial charge in [0.25, 0.3) is 11.8 Å². The van der Waals surface area contributed by atoms with E-state index in [9.17, 15) is 14.4 Å². The van der Waals surface area contributed by atoms with Gasteiger partial charge in [0.1, 0.15) is 0 Å². The average Bonchev–Trinajstić information content (AvgIpc) is 3.27. The lowest BCUT2D eigenvalue weighted by Gasteiger charge is -2.15. The lowest BCUT2D eigenvalue weighted by atomic mass is 10.1. The highest BCUT2D eigenvalue weighted by Gasteiger charge is 2.21. The van der Waals surface area contributed by atoms with Crippen molar-refractivity contribution in [1.82, 2.24) is 5.32 Å². The summed E-state index contributed by atoms with van der Waals surface area (Å²) in [6, 6.07) is 6.29. The molecular formula is C20H24N2O6S. The number of thiophene rings is 1. The highest BCUT2D eigenvalue weighted by Crippen LogP contribution is 2.34. The van der Waals surface area contributed by atoms with Crippen LogP contribution < -0.4 is 20.1 Å². The van der Waals surface area contributed by atoms with Crippen LogP contribution in [0.4, 0.5) is 5.69 Å². The fourth-order valence-electron chi connectivity index (χ4n) is 2.41. The van der Waals surface area contributed by atoms with Crippen LogP contribution in [0.2, 0.25) is 0 Å². The second-order valence-electron chi connectivity index (χ2n) is 5.96. The Bertz CT molecular complexity index is 851. The molecule has 2 N–H and O–H groups in total. The van der Waals surface area contributed by atoms with Crippen LogP contribution in [0.5, 0.6) is 11.5 Å². The Morgan fingerprint density at radius 1 is 1.10 bits per heavy atom. The summed E-state index contributed by atoms with van der Waals surface area (Å²) in [6.45, 7) is 2.11. The molecule has 0 atom stereocenters. The minimum atomic E-state index is -0.766. The molecule has 156 valence electrons. The highest BCUT2D eigenvalue weighted by atomic mass is 32.1. The number of unbranched alkanes of at least 4 members (excludes halogenated alkanes) is 1. The van der Waals surface area contributed by atoms with Crippen LogP contribution in [0.25, 0.3) is 0 Å². The van der Waals surface area contributed by atoms with E-state index in [0.717, 1.165) is 12.8 Å². The fourth-order valence-corrected chi connectivity index (χ4v) is 3.03. The highest BCUT2D eigenvalue weighted by molar-refractivity contribution is 7.12.